The number of hydrogen-bond acceptors (Lipinski definition) is 6. The van der Waals surface area contributed by atoms with E-state index in [0.717, 1.165) is 11.1 Å². The number of para-hydroxylation sites is 1. The van der Waals surface area contributed by atoms with Crippen molar-refractivity contribution in [3.63, 3.8) is 0 Å². The fourth-order valence-electron chi connectivity index (χ4n) is 3.84. The highest BCUT2D eigenvalue weighted by molar-refractivity contribution is 6.32. The van der Waals surface area contributed by atoms with Crippen molar-refractivity contribution in [1.82, 2.24) is 9.55 Å². The summed E-state index contributed by atoms with van der Waals surface area (Å²) < 4.78 is 12.3. The summed E-state index contributed by atoms with van der Waals surface area (Å²) >= 11 is 6.37. The van der Waals surface area contributed by atoms with E-state index >= 15 is 0 Å². The van der Waals surface area contributed by atoms with Gasteiger partial charge in [0.05, 0.1) is 28.9 Å². The van der Waals surface area contributed by atoms with Gasteiger partial charge in [0.1, 0.15) is 12.4 Å². The van der Waals surface area contributed by atoms with Crippen molar-refractivity contribution >= 4 is 23.4 Å². The van der Waals surface area contributed by atoms with Gasteiger partial charge in [-0.1, -0.05) is 60.1 Å². The molecule has 36 heavy (non-hydrogen) atoms. The van der Waals surface area contributed by atoms with Crippen molar-refractivity contribution in [2.45, 2.75) is 26.0 Å². The number of hydrogen-bond donors (Lipinski definition) is 1. The van der Waals surface area contributed by atoms with Crippen molar-refractivity contribution in [1.29, 1.82) is 0 Å². The fraction of sp³-hybridized carbons (Fsp3) is 0.179. The average molecular weight is 504 g/mol. The summed E-state index contributed by atoms with van der Waals surface area (Å²) in [6.07, 6.45) is 3.00. The van der Waals surface area contributed by atoms with Gasteiger partial charge >= 0.3 is 5.97 Å². The second-order valence-electron chi connectivity index (χ2n) is 8.63. The van der Waals surface area contributed by atoms with E-state index in [4.69, 9.17) is 21.1 Å². The van der Waals surface area contributed by atoms with Crippen LogP contribution in [-0.2, 0) is 16.9 Å². The monoisotopic (exact) mass is 503 g/mol. The van der Waals surface area contributed by atoms with Gasteiger partial charge in [-0.2, -0.15) is 0 Å². The Bertz CT molecular complexity index is 1430. The highest BCUT2D eigenvalue weighted by atomic mass is 35.5. The Morgan fingerprint density at radius 3 is 2.53 bits per heavy atom. The molecule has 0 aliphatic heterocycles. The third-order valence-electron chi connectivity index (χ3n) is 5.70. The predicted molar refractivity (Wildman–Crippen MR) is 140 cm³/mol. The molecule has 0 fully saturated rings. The van der Waals surface area contributed by atoms with E-state index in [1.165, 1.54) is 30.1 Å². The van der Waals surface area contributed by atoms with E-state index < -0.39 is 17.1 Å². The van der Waals surface area contributed by atoms with Gasteiger partial charge in [0.2, 0.25) is 0 Å². The zero-order valence-electron chi connectivity index (χ0n) is 20.2. The second kappa shape index (κ2) is 10.7. The largest absolute Gasteiger partial charge is 0.489 e. The standard InChI is InChI=1S/C28H26ClN3O4/c1-28(2,21-11-7-8-12-24(21)36-18-19-9-5-4-6-10-19)31-25-26(33)32(16-15-30-25)23-17-20(27(34)35-3)13-14-22(23)29/h4-17H,18H2,1-3H3,(H,30,31). The molecular weight excluding hydrogens is 478 g/mol. The van der Waals surface area contributed by atoms with Crippen LogP contribution in [0.25, 0.3) is 5.69 Å². The Kier molecular flexibility index (Phi) is 7.41. The van der Waals surface area contributed by atoms with Gasteiger partial charge in [0, 0.05) is 18.0 Å². The lowest BCUT2D eigenvalue weighted by Crippen LogP contribution is -2.34. The summed E-state index contributed by atoms with van der Waals surface area (Å²) in [7, 11) is 1.29. The average Bonchev–Trinajstić information content (AvgIpc) is 2.89. The number of nitrogens with one attached hydrogen (secondary N) is 1. The maximum Gasteiger partial charge on any atom is 0.337 e. The summed E-state index contributed by atoms with van der Waals surface area (Å²) in [6.45, 7) is 4.31. The Labute approximate surface area is 214 Å². The normalized spacial score (nSPS) is 11.1. The van der Waals surface area contributed by atoms with Gasteiger partial charge in [-0.05, 0) is 43.7 Å². The van der Waals surface area contributed by atoms with Gasteiger partial charge in [-0.15, -0.1) is 0 Å². The number of halogens is 1. The van der Waals surface area contributed by atoms with E-state index in [2.05, 4.69) is 10.3 Å². The van der Waals surface area contributed by atoms with Crippen molar-refractivity contribution in [2.24, 2.45) is 0 Å². The molecule has 0 aliphatic rings. The molecule has 1 N–H and O–H groups in total. The van der Waals surface area contributed by atoms with Gasteiger partial charge in [0.25, 0.3) is 5.56 Å². The van der Waals surface area contributed by atoms with Gasteiger partial charge in [-0.3, -0.25) is 9.36 Å². The first kappa shape index (κ1) is 25.0. The number of aromatic nitrogens is 2. The van der Waals surface area contributed by atoms with Crippen molar-refractivity contribution < 1.29 is 14.3 Å². The molecule has 0 unspecified atom stereocenters. The molecule has 4 aromatic rings. The van der Waals surface area contributed by atoms with Gasteiger partial charge < -0.3 is 14.8 Å². The second-order valence-corrected chi connectivity index (χ2v) is 9.04. The molecule has 0 spiro atoms. The van der Waals surface area contributed by atoms with E-state index in [1.54, 1.807) is 12.1 Å². The van der Waals surface area contributed by atoms with E-state index in [1.807, 2.05) is 68.4 Å². The predicted octanol–water partition coefficient (Wildman–Crippen LogP) is 5.60. The molecule has 7 nitrogen and oxygen atoms in total. The molecule has 0 atom stereocenters. The van der Waals surface area contributed by atoms with E-state index in [9.17, 15) is 9.59 Å². The molecule has 1 aromatic heterocycles. The molecule has 0 amide bonds. The minimum Gasteiger partial charge on any atom is -0.489 e. The molecule has 0 aliphatic carbocycles. The smallest absolute Gasteiger partial charge is 0.337 e. The zero-order valence-corrected chi connectivity index (χ0v) is 21.0. The summed E-state index contributed by atoms with van der Waals surface area (Å²) in [5, 5.41) is 3.57. The summed E-state index contributed by atoms with van der Waals surface area (Å²) in [4.78, 5) is 29.7. The van der Waals surface area contributed by atoms with Crippen LogP contribution in [0.1, 0.15) is 35.3 Å². The van der Waals surface area contributed by atoms with Crippen LogP contribution in [0.5, 0.6) is 5.75 Å². The van der Waals surface area contributed by atoms with Crippen LogP contribution in [0, 0.1) is 0 Å². The van der Waals surface area contributed by atoms with Crippen LogP contribution < -0.4 is 15.6 Å². The van der Waals surface area contributed by atoms with E-state index in [0.29, 0.717) is 23.1 Å². The van der Waals surface area contributed by atoms with Crippen LogP contribution in [0.3, 0.4) is 0 Å². The van der Waals surface area contributed by atoms with Crippen molar-refractivity contribution in [3.05, 3.63) is 117 Å². The lowest BCUT2D eigenvalue weighted by molar-refractivity contribution is 0.0600. The van der Waals surface area contributed by atoms with Crippen molar-refractivity contribution in [2.75, 3.05) is 12.4 Å². The first-order chi connectivity index (χ1) is 17.3. The first-order valence-corrected chi connectivity index (χ1v) is 11.7. The number of rotatable bonds is 8. The minimum absolute atomic E-state index is 0.125. The van der Waals surface area contributed by atoms with Crippen LogP contribution in [0.4, 0.5) is 5.82 Å². The number of methoxy groups -OCH3 is 1. The highest BCUT2D eigenvalue weighted by Gasteiger charge is 2.26. The lowest BCUT2D eigenvalue weighted by Gasteiger charge is -2.29. The number of anilines is 1. The third-order valence-corrected chi connectivity index (χ3v) is 6.02. The summed E-state index contributed by atoms with van der Waals surface area (Å²) in [5.74, 6) is 0.297. The van der Waals surface area contributed by atoms with Gasteiger partial charge in [-0.25, -0.2) is 9.78 Å². The molecule has 3 aromatic carbocycles. The molecule has 8 heteroatoms. The Morgan fingerprint density at radius 2 is 1.78 bits per heavy atom. The van der Waals surface area contributed by atoms with Crippen molar-refractivity contribution in [3.8, 4) is 11.4 Å². The van der Waals surface area contributed by atoms with E-state index in [-0.39, 0.29) is 11.4 Å². The van der Waals surface area contributed by atoms with Crippen LogP contribution in [0.2, 0.25) is 5.02 Å². The van der Waals surface area contributed by atoms with Gasteiger partial charge in [0.15, 0.2) is 5.82 Å². The molecule has 4 rings (SSSR count). The SMILES string of the molecule is COC(=O)c1ccc(Cl)c(-n2ccnc(NC(C)(C)c3ccccc3OCc3ccccc3)c2=O)c1. The Hall–Kier alpha value is -4.10. The van der Waals surface area contributed by atoms with Crippen LogP contribution in [-0.4, -0.2) is 22.6 Å². The third kappa shape index (κ3) is 5.42. The number of ether oxygens (including phenoxy) is 2. The summed E-state index contributed by atoms with van der Waals surface area (Å²) in [5.41, 5.74) is 1.41. The van der Waals surface area contributed by atoms with Crippen LogP contribution >= 0.6 is 11.6 Å². The topological polar surface area (TPSA) is 82.5 Å². The number of esters is 1. The molecular formula is C28H26ClN3O4. The number of benzene rings is 3. The molecule has 0 saturated heterocycles. The number of carbonyl (C=O) groups excluding carboxylic acids is 1. The molecule has 0 saturated carbocycles. The minimum atomic E-state index is -0.712. The molecule has 184 valence electrons. The first-order valence-electron chi connectivity index (χ1n) is 11.3. The maximum absolute atomic E-state index is 13.4. The lowest BCUT2D eigenvalue weighted by atomic mass is 9.93. The number of nitrogens with zero attached hydrogens (tertiary/aromatic N) is 2. The quantitative estimate of drug-likeness (QED) is 0.315. The number of carbonyl (C=O) groups is 1. The highest BCUT2D eigenvalue weighted by Crippen LogP contribution is 2.32. The summed E-state index contributed by atoms with van der Waals surface area (Å²) in [6, 6.07) is 22.2. The molecule has 0 radical (unpaired) electrons. The van der Waals surface area contributed by atoms with Crippen LogP contribution in [0.15, 0.2) is 90.0 Å². The Balaban J connectivity index is 1.65. The zero-order chi connectivity index (χ0) is 25.7. The Morgan fingerprint density at radius 1 is 1.06 bits per heavy atom. The maximum atomic E-state index is 13.4. The molecule has 1 heterocycles. The fourth-order valence-corrected chi connectivity index (χ4v) is 4.05. The molecule has 0 bridgehead atoms.